The van der Waals surface area contributed by atoms with Crippen molar-refractivity contribution >= 4 is 30.8 Å². The smallest absolute Gasteiger partial charge is 0.309 e. The average Bonchev–Trinajstić information content (AvgIpc) is 2.22. The molecule has 1 aliphatic rings. The molecule has 1 saturated heterocycles. The average molecular weight is 362 g/mol. The molecule has 1 rings (SSSR count). The van der Waals surface area contributed by atoms with Crippen molar-refractivity contribution in [3.63, 3.8) is 0 Å². The highest BCUT2D eigenvalue weighted by molar-refractivity contribution is 6.74. The zero-order valence-corrected chi connectivity index (χ0v) is 18.9. The lowest BCUT2D eigenvalue weighted by molar-refractivity contribution is -0.141. The standard InChI is InChI=1S/C15H35NO3Si3/c1-20(2,3)16-12-13(18-21(4,5)6)10-11-14(16)15(17)19-22(7,8)9/h13-14H,10-12H2,1-9H3. The van der Waals surface area contributed by atoms with Gasteiger partial charge in [0, 0.05) is 6.54 Å². The molecule has 2 atom stereocenters. The lowest BCUT2D eigenvalue weighted by atomic mass is 10.0. The van der Waals surface area contributed by atoms with Crippen molar-refractivity contribution < 1.29 is 13.6 Å². The Morgan fingerprint density at radius 1 is 0.909 bits per heavy atom. The van der Waals surface area contributed by atoms with Crippen molar-refractivity contribution in [2.24, 2.45) is 0 Å². The van der Waals surface area contributed by atoms with Crippen molar-refractivity contribution in [2.75, 3.05) is 6.54 Å². The maximum absolute atomic E-state index is 12.6. The minimum Gasteiger partial charge on any atom is -0.519 e. The first-order chi connectivity index (χ1) is 9.69. The molecule has 1 fully saturated rings. The summed E-state index contributed by atoms with van der Waals surface area (Å²) in [5.74, 6) is -0.00644. The fourth-order valence-corrected chi connectivity index (χ4v) is 6.74. The van der Waals surface area contributed by atoms with Crippen LogP contribution in [0.2, 0.25) is 58.9 Å². The maximum atomic E-state index is 12.6. The van der Waals surface area contributed by atoms with E-state index in [0.29, 0.717) is 0 Å². The summed E-state index contributed by atoms with van der Waals surface area (Å²) in [6.07, 6.45) is 2.11. The van der Waals surface area contributed by atoms with E-state index < -0.39 is 24.9 Å². The first kappa shape index (κ1) is 20.1. The van der Waals surface area contributed by atoms with Crippen molar-refractivity contribution in [3.8, 4) is 0 Å². The van der Waals surface area contributed by atoms with Gasteiger partial charge in [0.1, 0.15) is 14.3 Å². The highest BCUT2D eigenvalue weighted by Gasteiger charge is 2.42. The van der Waals surface area contributed by atoms with E-state index in [2.05, 4.69) is 63.5 Å². The van der Waals surface area contributed by atoms with Gasteiger partial charge in [-0.3, -0.25) is 4.79 Å². The molecule has 0 saturated carbocycles. The molecule has 0 aromatic carbocycles. The molecule has 22 heavy (non-hydrogen) atoms. The Morgan fingerprint density at radius 3 is 1.86 bits per heavy atom. The second kappa shape index (κ2) is 6.88. The van der Waals surface area contributed by atoms with Gasteiger partial charge in [-0.25, -0.2) is 0 Å². The van der Waals surface area contributed by atoms with E-state index >= 15 is 0 Å². The maximum Gasteiger partial charge on any atom is 0.309 e. The quantitative estimate of drug-likeness (QED) is 0.697. The van der Waals surface area contributed by atoms with Gasteiger partial charge in [-0.05, 0) is 52.1 Å². The van der Waals surface area contributed by atoms with Gasteiger partial charge in [-0.2, -0.15) is 0 Å². The fourth-order valence-electron chi connectivity index (χ4n) is 2.89. The molecule has 0 spiro atoms. The van der Waals surface area contributed by atoms with Crippen LogP contribution in [0.5, 0.6) is 0 Å². The van der Waals surface area contributed by atoms with Crippen LogP contribution in [-0.2, 0) is 13.6 Å². The van der Waals surface area contributed by atoms with E-state index in [0.717, 1.165) is 19.4 Å². The molecule has 1 aliphatic heterocycles. The summed E-state index contributed by atoms with van der Waals surface area (Å²) >= 11 is 0. The van der Waals surface area contributed by atoms with Crippen molar-refractivity contribution in [2.45, 2.75) is 83.9 Å². The molecule has 4 nitrogen and oxygen atoms in total. The molecular weight excluding hydrogens is 326 g/mol. The molecule has 0 aromatic rings. The van der Waals surface area contributed by atoms with Gasteiger partial charge in [0.25, 0.3) is 0 Å². The molecule has 0 bridgehead atoms. The topological polar surface area (TPSA) is 38.8 Å². The molecule has 2 unspecified atom stereocenters. The highest BCUT2D eigenvalue weighted by Crippen LogP contribution is 2.28. The Labute approximate surface area is 139 Å². The normalized spacial score (nSPS) is 25.1. The van der Waals surface area contributed by atoms with Crippen LogP contribution in [-0.4, -0.2) is 54.1 Å². The van der Waals surface area contributed by atoms with Crippen molar-refractivity contribution in [1.29, 1.82) is 0 Å². The van der Waals surface area contributed by atoms with Crippen LogP contribution in [0.3, 0.4) is 0 Å². The zero-order chi connectivity index (χ0) is 17.3. The third-order valence-electron chi connectivity index (χ3n) is 3.60. The van der Waals surface area contributed by atoms with Gasteiger partial charge in [0.2, 0.25) is 8.32 Å². The molecule has 130 valence electrons. The van der Waals surface area contributed by atoms with Crippen LogP contribution in [0.4, 0.5) is 0 Å². The van der Waals surface area contributed by atoms with E-state index in [1.807, 2.05) is 0 Å². The Balaban J connectivity index is 2.85. The molecule has 0 aromatic heterocycles. The van der Waals surface area contributed by atoms with Crippen LogP contribution in [0.25, 0.3) is 0 Å². The number of carbonyl (C=O) groups excluding carboxylic acids is 1. The largest absolute Gasteiger partial charge is 0.519 e. The summed E-state index contributed by atoms with van der Waals surface area (Å²) in [6.45, 7) is 20.7. The SMILES string of the molecule is C[Si](C)(C)OC(=O)C1CCC(O[Si](C)(C)C)CN1[Si](C)(C)C. The lowest BCUT2D eigenvalue weighted by Crippen LogP contribution is -2.61. The summed E-state index contributed by atoms with van der Waals surface area (Å²) in [7, 11) is -4.97. The van der Waals surface area contributed by atoms with Crippen LogP contribution in [0.15, 0.2) is 0 Å². The van der Waals surface area contributed by atoms with Crippen LogP contribution in [0.1, 0.15) is 12.8 Å². The van der Waals surface area contributed by atoms with Crippen LogP contribution >= 0.6 is 0 Å². The first-order valence-electron chi connectivity index (χ1n) is 8.36. The Morgan fingerprint density at radius 2 is 1.45 bits per heavy atom. The Kier molecular flexibility index (Phi) is 6.28. The second-order valence-corrected chi connectivity index (χ2v) is 23.1. The molecule has 0 N–H and O–H groups in total. The summed E-state index contributed by atoms with van der Waals surface area (Å²) in [5, 5.41) is 0. The summed E-state index contributed by atoms with van der Waals surface area (Å²) < 4.78 is 14.5. The van der Waals surface area contributed by atoms with E-state index in [1.54, 1.807) is 0 Å². The number of hydrogen-bond acceptors (Lipinski definition) is 4. The summed E-state index contributed by atoms with van der Waals surface area (Å²) in [5.41, 5.74) is 0. The zero-order valence-electron chi connectivity index (χ0n) is 15.9. The fraction of sp³-hybridized carbons (Fsp3) is 0.933. The predicted molar refractivity (Wildman–Crippen MR) is 101 cm³/mol. The van der Waals surface area contributed by atoms with Gasteiger partial charge in [-0.15, -0.1) is 0 Å². The van der Waals surface area contributed by atoms with E-state index in [-0.39, 0.29) is 18.1 Å². The molecule has 7 heteroatoms. The molecular formula is C15H35NO3Si3. The third kappa shape index (κ3) is 6.66. The highest BCUT2D eigenvalue weighted by atomic mass is 28.4. The Bertz CT molecular complexity index is 396. The van der Waals surface area contributed by atoms with E-state index in [9.17, 15) is 4.79 Å². The number of rotatable bonds is 5. The van der Waals surface area contributed by atoms with Crippen LogP contribution in [0, 0.1) is 0 Å². The van der Waals surface area contributed by atoms with Crippen molar-refractivity contribution in [3.05, 3.63) is 0 Å². The minimum atomic E-state index is -1.83. The number of carbonyl (C=O) groups is 1. The van der Waals surface area contributed by atoms with E-state index in [1.165, 1.54) is 0 Å². The van der Waals surface area contributed by atoms with Gasteiger partial charge in [0.05, 0.1) is 6.10 Å². The second-order valence-electron chi connectivity index (χ2n) is 9.30. The van der Waals surface area contributed by atoms with Gasteiger partial charge >= 0.3 is 5.97 Å². The number of nitrogens with zero attached hydrogens (tertiary/aromatic N) is 1. The van der Waals surface area contributed by atoms with Gasteiger partial charge < -0.3 is 13.4 Å². The molecule has 1 heterocycles. The monoisotopic (exact) mass is 361 g/mol. The molecule has 0 aliphatic carbocycles. The minimum absolute atomic E-state index is 0.00644. The summed E-state index contributed by atoms with van der Waals surface area (Å²) in [4.78, 5) is 12.6. The van der Waals surface area contributed by atoms with E-state index in [4.69, 9.17) is 8.85 Å². The predicted octanol–water partition coefficient (Wildman–Crippen LogP) is 3.88. The summed E-state index contributed by atoms with van der Waals surface area (Å²) in [6, 6.07) is -0.0696. The van der Waals surface area contributed by atoms with Crippen LogP contribution < -0.4 is 0 Å². The lowest BCUT2D eigenvalue weighted by Gasteiger charge is -2.46. The molecule has 0 radical (unpaired) electrons. The van der Waals surface area contributed by atoms with Crippen molar-refractivity contribution in [1.82, 2.24) is 4.57 Å². The van der Waals surface area contributed by atoms with Gasteiger partial charge in [0.15, 0.2) is 8.32 Å². The number of hydrogen-bond donors (Lipinski definition) is 0. The first-order valence-corrected chi connectivity index (χ1v) is 18.6. The number of piperidine rings is 1. The van der Waals surface area contributed by atoms with Gasteiger partial charge in [-0.1, -0.05) is 19.6 Å². The third-order valence-corrected chi connectivity index (χ3v) is 7.67. The molecule has 0 amide bonds. The Hall–Kier alpha value is 0.0406.